The Bertz CT molecular complexity index is 524. The fraction of sp³-hybridized carbons (Fsp3) is 0.500. The Hall–Kier alpha value is -1.78. The van der Waals surface area contributed by atoms with E-state index in [1.54, 1.807) is 0 Å². The first kappa shape index (κ1) is 15.6. The van der Waals surface area contributed by atoms with Gasteiger partial charge in [0, 0.05) is 6.07 Å². The number of hydrogen-bond acceptors (Lipinski definition) is 8. The largest absolute Gasteiger partial charge is 0.450 e. The molecule has 1 aromatic rings. The van der Waals surface area contributed by atoms with Crippen LogP contribution in [0.25, 0.3) is 0 Å². The molecule has 9 nitrogen and oxygen atoms in total. The summed E-state index contributed by atoms with van der Waals surface area (Å²) in [6.45, 7) is -1.27. The van der Waals surface area contributed by atoms with Crippen LogP contribution in [-0.4, -0.2) is 62.7 Å². The average molecular weight is 301 g/mol. The Kier molecular flexibility index (Phi) is 4.40. The van der Waals surface area contributed by atoms with E-state index in [1.165, 1.54) is 24.3 Å². The number of aliphatic hydroxyl groups excluding tert-OH is 4. The van der Waals surface area contributed by atoms with Gasteiger partial charge in [-0.2, -0.15) is 0 Å². The van der Waals surface area contributed by atoms with Crippen molar-refractivity contribution >= 4 is 5.69 Å². The first-order chi connectivity index (χ1) is 9.91. The Balaban J connectivity index is 2.33. The molecule has 0 saturated carbocycles. The molecule has 0 spiro atoms. The highest BCUT2D eigenvalue weighted by Crippen LogP contribution is 2.34. The minimum Gasteiger partial charge on any atom is -0.450 e. The van der Waals surface area contributed by atoms with Crippen LogP contribution in [0.1, 0.15) is 0 Å². The fourth-order valence-corrected chi connectivity index (χ4v) is 2.02. The Morgan fingerprint density at radius 1 is 1.38 bits per heavy atom. The third-order valence-electron chi connectivity index (χ3n) is 3.23. The van der Waals surface area contributed by atoms with E-state index in [-0.39, 0.29) is 11.4 Å². The lowest BCUT2D eigenvalue weighted by Crippen LogP contribution is -2.65. The Morgan fingerprint density at radius 2 is 2.05 bits per heavy atom. The van der Waals surface area contributed by atoms with Gasteiger partial charge in [0.25, 0.3) is 5.79 Å². The molecule has 0 aliphatic carbocycles. The average Bonchev–Trinajstić information content (AvgIpc) is 2.48. The van der Waals surface area contributed by atoms with Gasteiger partial charge in [0.15, 0.2) is 0 Å². The maximum Gasteiger partial charge on any atom is 0.311 e. The molecule has 1 saturated heterocycles. The lowest BCUT2D eigenvalue weighted by molar-refractivity contribution is -0.388. The summed E-state index contributed by atoms with van der Waals surface area (Å²) in [4.78, 5) is 10.2. The Labute approximate surface area is 119 Å². The van der Waals surface area contributed by atoms with Crippen LogP contribution < -0.4 is 4.74 Å². The summed E-state index contributed by atoms with van der Waals surface area (Å²) in [6, 6.07) is 5.34. The first-order valence-corrected chi connectivity index (χ1v) is 6.13. The lowest BCUT2D eigenvalue weighted by atomic mass is 9.97. The molecule has 0 unspecified atom stereocenters. The van der Waals surface area contributed by atoms with E-state index in [2.05, 4.69) is 0 Å². The highest BCUT2D eigenvalue weighted by molar-refractivity contribution is 5.46. The number of para-hydroxylation sites is 2. The third kappa shape index (κ3) is 2.82. The highest BCUT2D eigenvalue weighted by Gasteiger charge is 2.52. The first-order valence-electron chi connectivity index (χ1n) is 6.13. The minimum absolute atomic E-state index is 0.237. The van der Waals surface area contributed by atoms with Crippen LogP contribution in [0.2, 0.25) is 0 Å². The summed E-state index contributed by atoms with van der Waals surface area (Å²) in [5.41, 5.74) is -0.387. The summed E-state index contributed by atoms with van der Waals surface area (Å²) in [5.74, 6) is -2.33. The van der Waals surface area contributed by atoms with Crippen molar-refractivity contribution in [1.29, 1.82) is 0 Å². The Morgan fingerprint density at radius 3 is 2.67 bits per heavy atom. The monoisotopic (exact) mass is 301 g/mol. The van der Waals surface area contributed by atoms with Crippen LogP contribution in [0.15, 0.2) is 24.3 Å². The molecule has 1 heterocycles. The van der Waals surface area contributed by atoms with Crippen molar-refractivity contribution in [3.63, 3.8) is 0 Å². The number of nitro groups is 1. The van der Waals surface area contributed by atoms with Crippen LogP contribution >= 0.6 is 0 Å². The second kappa shape index (κ2) is 5.92. The van der Waals surface area contributed by atoms with Crippen LogP contribution in [0.3, 0.4) is 0 Å². The van der Waals surface area contributed by atoms with Gasteiger partial charge >= 0.3 is 5.69 Å². The number of rotatable bonds is 4. The van der Waals surface area contributed by atoms with Gasteiger partial charge in [-0.15, -0.1) is 0 Å². The number of hydrogen-bond donors (Lipinski definition) is 4. The molecule has 1 aliphatic heterocycles. The maximum atomic E-state index is 10.9. The van der Waals surface area contributed by atoms with Crippen LogP contribution in [0.4, 0.5) is 5.69 Å². The van der Waals surface area contributed by atoms with Crippen LogP contribution in [-0.2, 0) is 4.74 Å². The SMILES string of the molecule is O=[N+]([O-])c1ccccc1O[C@]1(CO)OC[C@@H](O)[C@@H](O)[C@@H]1O. The topological polar surface area (TPSA) is 143 Å². The predicted octanol–water partition coefficient (Wildman–Crippen LogP) is -1.22. The molecule has 4 N–H and O–H groups in total. The van der Waals surface area contributed by atoms with E-state index in [1.807, 2.05) is 0 Å². The predicted molar refractivity (Wildman–Crippen MR) is 67.5 cm³/mol. The van der Waals surface area contributed by atoms with E-state index in [9.17, 15) is 30.5 Å². The van der Waals surface area contributed by atoms with Gasteiger partial charge in [-0.05, 0) is 6.07 Å². The van der Waals surface area contributed by atoms with E-state index < -0.39 is 42.2 Å². The number of aliphatic hydroxyl groups is 4. The third-order valence-corrected chi connectivity index (χ3v) is 3.23. The van der Waals surface area contributed by atoms with Crippen molar-refractivity contribution in [1.82, 2.24) is 0 Å². The molecular formula is C12H15NO8. The second-order valence-corrected chi connectivity index (χ2v) is 4.61. The standard InChI is InChI=1S/C12H15NO8/c14-6-12(11(17)10(16)8(15)5-20-12)21-9-4-2-1-3-7(9)13(18)19/h1-4,8,10-11,14-17H,5-6H2/t8-,10-,11+,12+/m1/s1. The summed E-state index contributed by atoms with van der Waals surface area (Å²) in [7, 11) is 0. The van der Waals surface area contributed by atoms with Gasteiger partial charge < -0.3 is 29.9 Å². The number of ether oxygens (including phenoxy) is 2. The van der Waals surface area contributed by atoms with Crippen molar-refractivity contribution < 1.29 is 34.8 Å². The van der Waals surface area contributed by atoms with Gasteiger partial charge in [0.05, 0.1) is 11.5 Å². The molecule has 0 aromatic heterocycles. The molecule has 0 radical (unpaired) electrons. The van der Waals surface area contributed by atoms with E-state index in [4.69, 9.17) is 9.47 Å². The quantitative estimate of drug-likeness (QED) is 0.400. The molecule has 2 rings (SSSR count). The molecule has 0 amide bonds. The molecule has 1 fully saturated rings. The minimum atomic E-state index is -2.09. The van der Waals surface area contributed by atoms with Gasteiger partial charge in [-0.3, -0.25) is 10.1 Å². The van der Waals surface area contributed by atoms with Crippen molar-refractivity contribution in [2.24, 2.45) is 0 Å². The van der Waals surface area contributed by atoms with E-state index in [0.717, 1.165) is 0 Å². The summed E-state index contributed by atoms with van der Waals surface area (Å²) in [5, 5.41) is 49.4. The van der Waals surface area contributed by atoms with Crippen LogP contribution in [0, 0.1) is 10.1 Å². The second-order valence-electron chi connectivity index (χ2n) is 4.61. The molecule has 1 aliphatic rings. The van der Waals surface area contributed by atoms with Gasteiger partial charge in [-0.25, -0.2) is 0 Å². The summed E-state index contributed by atoms with van der Waals surface area (Å²) < 4.78 is 10.4. The molecule has 1 aromatic carbocycles. The smallest absolute Gasteiger partial charge is 0.311 e. The lowest BCUT2D eigenvalue weighted by Gasteiger charge is -2.43. The van der Waals surface area contributed by atoms with Crippen molar-refractivity contribution in [3.8, 4) is 5.75 Å². The fourth-order valence-electron chi connectivity index (χ4n) is 2.02. The van der Waals surface area contributed by atoms with Crippen molar-refractivity contribution in [2.75, 3.05) is 13.2 Å². The van der Waals surface area contributed by atoms with Gasteiger partial charge in [0.2, 0.25) is 5.75 Å². The van der Waals surface area contributed by atoms with Gasteiger partial charge in [-0.1, -0.05) is 12.1 Å². The molecule has 21 heavy (non-hydrogen) atoms. The molecule has 0 bridgehead atoms. The zero-order chi connectivity index (χ0) is 15.6. The molecular weight excluding hydrogens is 286 g/mol. The number of nitro benzene ring substituents is 1. The van der Waals surface area contributed by atoms with E-state index >= 15 is 0 Å². The molecule has 116 valence electrons. The van der Waals surface area contributed by atoms with Gasteiger partial charge in [0.1, 0.15) is 24.9 Å². The van der Waals surface area contributed by atoms with E-state index in [0.29, 0.717) is 0 Å². The normalized spacial score (nSPS) is 32.7. The molecule has 4 atom stereocenters. The highest BCUT2D eigenvalue weighted by atomic mass is 16.7. The molecule has 9 heteroatoms. The van der Waals surface area contributed by atoms with Crippen molar-refractivity contribution in [2.45, 2.75) is 24.1 Å². The number of nitrogens with zero attached hydrogens (tertiary/aromatic N) is 1. The maximum absolute atomic E-state index is 10.9. The number of benzene rings is 1. The summed E-state index contributed by atoms with van der Waals surface area (Å²) in [6.07, 6.45) is -4.76. The zero-order valence-electron chi connectivity index (χ0n) is 10.8. The zero-order valence-corrected chi connectivity index (χ0v) is 10.8. The summed E-state index contributed by atoms with van der Waals surface area (Å²) >= 11 is 0. The van der Waals surface area contributed by atoms with Crippen molar-refractivity contribution in [3.05, 3.63) is 34.4 Å². The van der Waals surface area contributed by atoms with Crippen LogP contribution in [0.5, 0.6) is 5.75 Å².